The van der Waals surface area contributed by atoms with Crippen LogP contribution in [-0.2, 0) is 13.1 Å². The number of carbonyl (C=O) groups is 1. The van der Waals surface area contributed by atoms with Crippen LogP contribution in [0.4, 0.5) is 4.79 Å². The van der Waals surface area contributed by atoms with Crippen LogP contribution >= 0.6 is 0 Å². The zero-order valence-corrected chi connectivity index (χ0v) is 22.1. The fourth-order valence-electron chi connectivity index (χ4n) is 3.88. The Hall–Kier alpha value is -2.90. The average molecular weight is 477 g/mol. The van der Waals surface area contributed by atoms with Crippen molar-refractivity contribution in [2.24, 2.45) is 5.41 Å². The van der Waals surface area contributed by atoms with E-state index in [4.69, 9.17) is 14.2 Å². The quantitative estimate of drug-likeness (QED) is 0.479. The van der Waals surface area contributed by atoms with Crippen molar-refractivity contribution >= 4 is 16.9 Å². The Morgan fingerprint density at radius 3 is 2.18 bits per heavy atom. The summed E-state index contributed by atoms with van der Waals surface area (Å²) in [5, 5.41) is 11.0. The monoisotopic (exact) mass is 476 g/mol. The van der Waals surface area contributed by atoms with Crippen molar-refractivity contribution in [2.45, 2.75) is 79.9 Å². The number of nitrogens with zero attached hydrogens (tertiary/aromatic N) is 2. The molecule has 0 saturated carbocycles. The van der Waals surface area contributed by atoms with E-state index in [1.54, 1.807) is 16.7 Å². The van der Waals surface area contributed by atoms with Crippen molar-refractivity contribution in [3.05, 3.63) is 28.2 Å². The molecule has 0 aliphatic rings. The highest BCUT2D eigenvalue weighted by Gasteiger charge is 2.32. The molecule has 8 nitrogen and oxygen atoms in total. The SMILES string of the molecule is CCCCOc1c(CN(C(=O)O)C(C)(C)C)n(CC(C)(C)C)c(=O)c2ccc(OC)c(OC)c12. The summed E-state index contributed by atoms with van der Waals surface area (Å²) < 4.78 is 19.2. The van der Waals surface area contributed by atoms with E-state index >= 15 is 0 Å². The van der Waals surface area contributed by atoms with Gasteiger partial charge in [-0.05, 0) is 44.7 Å². The molecule has 1 amide bonds. The van der Waals surface area contributed by atoms with Gasteiger partial charge >= 0.3 is 6.09 Å². The first-order valence-corrected chi connectivity index (χ1v) is 11.7. The Bertz CT molecular complexity index is 1080. The topological polar surface area (TPSA) is 90.2 Å². The third-order valence-corrected chi connectivity index (χ3v) is 5.56. The summed E-state index contributed by atoms with van der Waals surface area (Å²) in [4.78, 5) is 27.4. The molecule has 8 heteroatoms. The van der Waals surface area contributed by atoms with Crippen LogP contribution in [-0.4, -0.2) is 47.0 Å². The molecular weight excluding hydrogens is 436 g/mol. The smallest absolute Gasteiger partial charge is 0.408 e. The Kier molecular flexibility index (Phi) is 8.50. The number of aromatic nitrogens is 1. The van der Waals surface area contributed by atoms with Crippen LogP contribution in [0.25, 0.3) is 10.8 Å². The molecule has 0 atom stereocenters. The number of ether oxygens (including phenoxy) is 3. The van der Waals surface area contributed by atoms with Gasteiger partial charge in [-0.1, -0.05) is 34.1 Å². The predicted molar refractivity (Wildman–Crippen MR) is 134 cm³/mol. The van der Waals surface area contributed by atoms with E-state index < -0.39 is 11.6 Å². The summed E-state index contributed by atoms with van der Waals surface area (Å²) in [6, 6.07) is 3.42. The van der Waals surface area contributed by atoms with Crippen molar-refractivity contribution in [2.75, 3.05) is 20.8 Å². The molecule has 0 aliphatic carbocycles. The molecular formula is C26H40N2O6. The lowest BCUT2D eigenvalue weighted by molar-refractivity contribution is 0.0924. The number of fused-ring (bicyclic) bond motifs is 1. The summed E-state index contributed by atoms with van der Waals surface area (Å²) >= 11 is 0. The maximum absolute atomic E-state index is 13.8. The molecule has 0 bridgehead atoms. The van der Waals surface area contributed by atoms with Gasteiger partial charge < -0.3 is 23.9 Å². The minimum absolute atomic E-state index is 0.0120. The fraction of sp³-hybridized carbons (Fsp3) is 0.615. The molecule has 0 aliphatic heterocycles. The van der Waals surface area contributed by atoms with Gasteiger partial charge in [0, 0.05) is 12.1 Å². The second kappa shape index (κ2) is 10.6. The van der Waals surface area contributed by atoms with Crippen LogP contribution in [0.3, 0.4) is 0 Å². The molecule has 0 radical (unpaired) electrons. The highest BCUT2D eigenvalue weighted by molar-refractivity contribution is 5.96. The summed E-state index contributed by atoms with van der Waals surface area (Å²) in [6.45, 7) is 14.5. The van der Waals surface area contributed by atoms with Crippen LogP contribution < -0.4 is 19.8 Å². The van der Waals surface area contributed by atoms with Crippen LogP contribution in [0, 0.1) is 5.41 Å². The van der Waals surface area contributed by atoms with Gasteiger partial charge in [-0.15, -0.1) is 0 Å². The Morgan fingerprint density at radius 2 is 1.71 bits per heavy atom. The molecule has 34 heavy (non-hydrogen) atoms. The first-order chi connectivity index (χ1) is 15.8. The second-order valence-corrected chi connectivity index (χ2v) is 10.7. The average Bonchev–Trinajstić information content (AvgIpc) is 2.72. The zero-order chi connectivity index (χ0) is 25.8. The van der Waals surface area contributed by atoms with E-state index in [-0.39, 0.29) is 17.5 Å². The van der Waals surface area contributed by atoms with Gasteiger partial charge in [0.2, 0.25) is 0 Å². The van der Waals surface area contributed by atoms with E-state index in [9.17, 15) is 14.7 Å². The minimum Gasteiger partial charge on any atom is -0.493 e. The lowest BCUT2D eigenvalue weighted by Gasteiger charge is -2.35. The maximum Gasteiger partial charge on any atom is 0.408 e. The van der Waals surface area contributed by atoms with Gasteiger partial charge in [0.15, 0.2) is 17.2 Å². The van der Waals surface area contributed by atoms with Crippen molar-refractivity contribution in [1.29, 1.82) is 0 Å². The van der Waals surface area contributed by atoms with Gasteiger partial charge in [0.05, 0.1) is 43.8 Å². The number of hydrogen-bond donors (Lipinski definition) is 1. The first kappa shape index (κ1) is 27.3. The molecule has 190 valence electrons. The van der Waals surface area contributed by atoms with E-state index in [2.05, 4.69) is 6.92 Å². The maximum atomic E-state index is 13.8. The Morgan fingerprint density at radius 1 is 1.06 bits per heavy atom. The van der Waals surface area contributed by atoms with E-state index in [1.807, 2.05) is 41.5 Å². The molecule has 1 heterocycles. The first-order valence-electron chi connectivity index (χ1n) is 11.7. The molecule has 1 N–H and O–H groups in total. The highest BCUT2D eigenvalue weighted by atomic mass is 16.5. The number of hydrogen-bond acceptors (Lipinski definition) is 5. The third kappa shape index (κ3) is 5.96. The number of amides is 1. The second-order valence-electron chi connectivity index (χ2n) is 10.7. The summed E-state index contributed by atoms with van der Waals surface area (Å²) in [6.07, 6.45) is 0.672. The van der Waals surface area contributed by atoms with Gasteiger partial charge in [0.1, 0.15) is 0 Å². The third-order valence-electron chi connectivity index (χ3n) is 5.56. The molecule has 0 spiro atoms. The molecule has 2 aromatic rings. The van der Waals surface area contributed by atoms with Gasteiger partial charge in [0.25, 0.3) is 5.56 Å². The van der Waals surface area contributed by atoms with Crippen molar-refractivity contribution in [1.82, 2.24) is 9.47 Å². The number of methoxy groups -OCH3 is 2. The summed E-state index contributed by atoms with van der Waals surface area (Å²) in [7, 11) is 3.06. The Labute approximate surface area is 202 Å². The highest BCUT2D eigenvalue weighted by Crippen LogP contribution is 2.42. The number of carboxylic acid groups (broad SMARTS) is 1. The number of unbranched alkanes of at least 4 members (excludes halogenated alkanes) is 1. The zero-order valence-electron chi connectivity index (χ0n) is 22.1. The molecule has 1 aromatic carbocycles. The van der Waals surface area contributed by atoms with Gasteiger partial charge in [-0.3, -0.25) is 9.69 Å². The van der Waals surface area contributed by atoms with E-state index in [0.29, 0.717) is 46.9 Å². The summed E-state index contributed by atoms with van der Waals surface area (Å²) in [5.74, 6) is 1.32. The van der Waals surface area contributed by atoms with Crippen LogP contribution in [0.1, 0.15) is 67.0 Å². The Balaban J connectivity index is 3.03. The normalized spacial score (nSPS) is 12.0. The number of rotatable bonds is 9. The molecule has 0 saturated heterocycles. The largest absolute Gasteiger partial charge is 0.493 e. The molecule has 0 fully saturated rings. The van der Waals surface area contributed by atoms with E-state index in [0.717, 1.165) is 12.8 Å². The van der Waals surface area contributed by atoms with Gasteiger partial charge in [-0.2, -0.15) is 0 Å². The van der Waals surface area contributed by atoms with E-state index in [1.165, 1.54) is 19.1 Å². The minimum atomic E-state index is -1.07. The summed E-state index contributed by atoms with van der Waals surface area (Å²) in [5.41, 5.74) is -0.641. The molecule has 0 unspecified atom stereocenters. The number of benzene rings is 1. The lowest BCUT2D eigenvalue weighted by Crippen LogP contribution is -2.45. The molecule has 2 rings (SSSR count). The number of pyridine rings is 1. The fourth-order valence-corrected chi connectivity index (χ4v) is 3.88. The van der Waals surface area contributed by atoms with Crippen molar-refractivity contribution < 1.29 is 24.1 Å². The van der Waals surface area contributed by atoms with Crippen LogP contribution in [0.5, 0.6) is 17.2 Å². The van der Waals surface area contributed by atoms with Gasteiger partial charge in [-0.25, -0.2) is 4.79 Å². The predicted octanol–water partition coefficient (Wildman–Crippen LogP) is 5.52. The lowest BCUT2D eigenvalue weighted by atomic mass is 9.95. The molecule has 1 aromatic heterocycles. The standard InChI is InChI=1S/C26H40N2O6/c1-10-11-14-34-21-18(15-28(24(30)31)26(5,6)7)27(16-25(2,3)4)23(29)17-12-13-19(32-8)22(33-9)20(17)21/h12-13H,10-11,14-16H2,1-9H3,(H,30,31). The van der Waals surface area contributed by atoms with Crippen LogP contribution in [0.15, 0.2) is 16.9 Å². The van der Waals surface area contributed by atoms with Crippen LogP contribution in [0.2, 0.25) is 0 Å². The van der Waals surface area contributed by atoms with Crippen molar-refractivity contribution in [3.8, 4) is 17.2 Å². The van der Waals surface area contributed by atoms with Crippen molar-refractivity contribution in [3.63, 3.8) is 0 Å².